The van der Waals surface area contributed by atoms with Crippen LogP contribution in [0.15, 0.2) is 12.1 Å². The average Bonchev–Trinajstić information content (AvgIpc) is 3.13. The van der Waals surface area contributed by atoms with E-state index in [1.807, 2.05) is 30.9 Å². The Kier molecular flexibility index (Phi) is 7.60. The molecule has 1 aliphatic heterocycles. The van der Waals surface area contributed by atoms with Crippen molar-refractivity contribution < 1.29 is 32.6 Å². The van der Waals surface area contributed by atoms with Gasteiger partial charge in [0.2, 0.25) is 0 Å². The molecule has 33 heavy (non-hydrogen) atoms. The third kappa shape index (κ3) is 6.02. The minimum Gasteiger partial charge on any atom is -0.482 e. The van der Waals surface area contributed by atoms with Crippen molar-refractivity contribution in [1.82, 2.24) is 20.1 Å². The average molecular weight is 468 g/mol. The number of carboxylic acid groups (broad SMARTS) is 1. The predicted molar refractivity (Wildman–Crippen MR) is 112 cm³/mol. The molecule has 180 valence electrons. The molecule has 2 aliphatic rings. The highest BCUT2D eigenvalue weighted by molar-refractivity contribution is 5.78. The minimum absolute atomic E-state index is 0.0269. The van der Waals surface area contributed by atoms with Gasteiger partial charge in [-0.1, -0.05) is 13.3 Å². The van der Waals surface area contributed by atoms with Crippen molar-refractivity contribution in [3.63, 3.8) is 0 Å². The number of hydrogen-bond acceptors (Lipinski definition) is 5. The maximum atomic E-state index is 12.7. The molecular formula is C22H27F3N4O4. The van der Waals surface area contributed by atoms with Gasteiger partial charge in [-0.15, -0.1) is 0 Å². The summed E-state index contributed by atoms with van der Waals surface area (Å²) in [6.07, 6.45) is 0.265. The Morgan fingerprint density at radius 2 is 2.00 bits per heavy atom. The number of aliphatic carboxylic acids is 1. The first-order valence-corrected chi connectivity index (χ1v) is 10.8. The molecule has 4 rings (SSSR count). The molecule has 2 aromatic heterocycles. The van der Waals surface area contributed by atoms with Gasteiger partial charge in [0, 0.05) is 42.4 Å². The third-order valence-corrected chi connectivity index (χ3v) is 5.81. The van der Waals surface area contributed by atoms with Crippen molar-refractivity contribution in [2.75, 3.05) is 13.2 Å². The number of alkyl halides is 3. The zero-order valence-electron chi connectivity index (χ0n) is 18.5. The summed E-state index contributed by atoms with van der Waals surface area (Å²) in [4.78, 5) is 28.0. The summed E-state index contributed by atoms with van der Waals surface area (Å²) < 4.78 is 37.5. The number of carbonyl (C=O) groups excluding carboxylic acids is 1. The first-order valence-electron chi connectivity index (χ1n) is 10.8. The number of carbonyl (C=O) groups is 2. The number of hydrogen-bond donors (Lipinski definition) is 2. The van der Waals surface area contributed by atoms with E-state index in [4.69, 9.17) is 14.6 Å². The summed E-state index contributed by atoms with van der Waals surface area (Å²) in [5, 5.41) is 14.8. The number of aryl methyl sites for hydroxylation is 2. The largest absolute Gasteiger partial charge is 0.490 e. The van der Waals surface area contributed by atoms with Crippen LogP contribution in [0.1, 0.15) is 60.4 Å². The molecule has 0 aromatic carbocycles. The minimum atomic E-state index is -5.08. The standard InChI is InChI=1S/C20H26N4O2.C2HF3O2/c1-3-16-18(8-7-13(2)21-16)26-12-19(25)24-10-9-17-15(11-24)20(23-22-17)14-5-4-6-14;3-2(4,5)1(6)7/h7-8,14H,3-6,9-12H2,1-2H3,(H,22,23);(H,6,7). The highest BCUT2D eigenvalue weighted by atomic mass is 19.4. The van der Waals surface area contributed by atoms with Gasteiger partial charge in [-0.05, 0) is 38.3 Å². The van der Waals surface area contributed by atoms with Gasteiger partial charge in [-0.3, -0.25) is 14.9 Å². The van der Waals surface area contributed by atoms with E-state index in [1.54, 1.807) is 0 Å². The fourth-order valence-corrected chi connectivity index (χ4v) is 3.76. The van der Waals surface area contributed by atoms with Gasteiger partial charge in [0.25, 0.3) is 5.91 Å². The molecule has 1 fully saturated rings. The zero-order valence-corrected chi connectivity index (χ0v) is 18.5. The highest BCUT2D eigenvalue weighted by Crippen LogP contribution is 2.38. The van der Waals surface area contributed by atoms with Crippen LogP contribution in [-0.2, 0) is 29.0 Å². The van der Waals surface area contributed by atoms with Crippen LogP contribution >= 0.6 is 0 Å². The van der Waals surface area contributed by atoms with E-state index in [-0.39, 0.29) is 12.5 Å². The summed E-state index contributed by atoms with van der Waals surface area (Å²) >= 11 is 0. The van der Waals surface area contributed by atoms with Crippen LogP contribution in [-0.4, -0.2) is 56.4 Å². The molecule has 0 saturated heterocycles. The number of fused-ring (bicyclic) bond motifs is 1. The molecule has 1 aliphatic carbocycles. The molecule has 1 saturated carbocycles. The summed E-state index contributed by atoms with van der Waals surface area (Å²) in [6.45, 7) is 5.43. The van der Waals surface area contributed by atoms with Gasteiger partial charge in [0.15, 0.2) is 6.61 Å². The summed E-state index contributed by atoms with van der Waals surface area (Å²) in [6, 6.07) is 3.83. The fourth-order valence-electron chi connectivity index (χ4n) is 3.76. The number of halogens is 3. The molecule has 0 atom stereocenters. The number of carboxylic acids is 1. The second-order valence-corrected chi connectivity index (χ2v) is 8.10. The molecule has 2 N–H and O–H groups in total. The number of rotatable bonds is 5. The number of aromatic nitrogens is 3. The number of pyridine rings is 1. The quantitative estimate of drug-likeness (QED) is 0.695. The zero-order chi connectivity index (χ0) is 24.2. The summed E-state index contributed by atoms with van der Waals surface area (Å²) in [5.41, 5.74) is 5.49. The van der Waals surface area contributed by atoms with Crippen LogP contribution in [0.5, 0.6) is 5.75 Å². The lowest BCUT2D eigenvalue weighted by molar-refractivity contribution is -0.192. The van der Waals surface area contributed by atoms with Crippen molar-refractivity contribution in [2.45, 2.75) is 64.6 Å². The Hall–Kier alpha value is -3.11. The van der Waals surface area contributed by atoms with Crippen molar-refractivity contribution in [1.29, 1.82) is 0 Å². The SMILES string of the molecule is CCc1nc(C)ccc1OCC(=O)N1CCc2[nH]nc(C3CCC3)c2C1.O=C(O)C(F)(F)F. The molecule has 11 heteroatoms. The van der Waals surface area contributed by atoms with E-state index in [9.17, 15) is 18.0 Å². The summed E-state index contributed by atoms with van der Waals surface area (Å²) in [7, 11) is 0. The Morgan fingerprint density at radius 1 is 1.30 bits per heavy atom. The Morgan fingerprint density at radius 3 is 2.58 bits per heavy atom. The van der Waals surface area contributed by atoms with E-state index in [0.29, 0.717) is 24.8 Å². The first kappa shape index (κ1) is 24.5. The number of nitrogens with one attached hydrogen (secondary N) is 1. The number of nitrogens with zero attached hydrogens (tertiary/aromatic N) is 3. The van der Waals surface area contributed by atoms with E-state index in [0.717, 1.165) is 24.2 Å². The van der Waals surface area contributed by atoms with Crippen LogP contribution in [0.2, 0.25) is 0 Å². The fraction of sp³-hybridized carbons (Fsp3) is 0.545. The summed E-state index contributed by atoms with van der Waals surface area (Å²) in [5.74, 6) is -1.44. The first-order chi connectivity index (χ1) is 15.6. The van der Waals surface area contributed by atoms with Crippen LogP contribution < -0.4 is 4.74 Å². The lowest BCUT2D eigenvalue weighted by atomic mass is 9.81. The normalized spacial score (nSPS) is 15.7. The highest BCUT2D eigenvalue weighted by Gasteiger charge is 2.38. The Labute approximate surface area is 189 Å². The van der Waals surface area contributed by atoms with Gasteiger partial charge >= 0.3 is 12.1 Å². The predicted octanol–water partition coefficient (Wildman–Crippen LogP) is 3.54. The lowest BCUT2D eigenvalue weighted by Crippen LogP contribution is -2.39. The van der Waals surface area contributed by atoms with E-state index < -0.39 is 12.1 Å². The van der Waals surface area contributed by atoms with Gasteiger partial charge < -0.3 is 14.7 Å². The van der Waals surface area contributed by atoms with Gasteiger partial charge in [-0.2, -0.15) is 18.3 Å². The molecule has 0 bridgehead atoms. The number of amides is 1. The Bertz CT molecular complexity index is 1000. The van der Waals surface area contributed by atoms with Crippen molar-refractivity contribution in [3.8, 4) is 5.75 Å². The molecule has 0 spiro atoms. The molecular weight excluding hydrogens is 441 g/mol. The maximum Gasteiger partial charge on any atom is 0.490 e. The lowest BCUT2D eigenvalue weighted by Gasteiger charge is -2.30. The van der Waals surface area contributed by atoms with Crippen molar-refractivity contribution in [3.05, 3.63) is 40.5 Å². The topological polar surface area (TPSA) is 108 Å². The third-order valence-electron chi connectivity index (χ3n) is 5.81. The molecule has 2 aromatic rings. The Balaban J connectivity index is 0.000000383. The molecule has 0 unspecified atom stereocenters. The van der Waals surface area contributed by atoms with Gasteiger partial charge in [-0.25, -0.2) is 4.79 Å². The monoisotopic (exact) mass is 468 g/mol. The van der Waals surface area contributed by atoms with Crippen molar-refractivity contribution in [2.24, 2.45) is 0 Å². The number of H-pyrrole nitrogens is 1. The number of ether oxygens (including phenoxy) is 1. The van der Waals surface area contributed by atoms with Crippen LogP contribution in [0, 0.1) is 6.92 Å². The molecule has 8 nitrogen and oxygen atoms in total. The second kappa shape index (κ2) is 10.2. The molecule has 3 heterocycles. The van der Waals surface area contributed by atoms with Gasteiger partial charge in [0.05, 0.1) is 11.4 Å². The maximum absolute atomic E-state index is 12.7. The van der Waals surface area contributed by atoms with Crippen LogP contribution in [0.4, 0.5) is 13.2 Å². The van der Waals surface area contributed by atoms with E-state index in [2.05, 4.69) is 15.2 Å². The van der Waals surface area contributed by atoms with E-state index >= 15 is 0 Å². The van der Waals surface area contributed by atoms with E-state index in [1.165, 1.54) is 36.2 Å². The second-order valence-electron chi connectivity index (χ2n) is 8.10. The van der Waals surface area contributed by atoms with Crippen molar-refractivity contribution >= 4 is 11.9 Å². The van der Waals surface area contributed by atoms with Crippen LogP contribution in [0.3, 0.4) is 0 Å². The van der Waals surface area contributed by atoms with Crippen LogP contribution in [0.25, 0.3) is 0 Å². The smallest absolute Gasteiger partial charge is 0.482 e. The van der Waals surface area contributed by atoms with Gasteiger partial charge in [0.1, 0.15) is 5.75 Å². The molecule has 1 amide bonds. The number of aromatic amines is 1. The molecule has 0 radical (unpaired) electrons.